The molecule has 3 nitrogen and oxygen atoms in total. The summed E-state index contributed by atoms with van der Waals surface area (Å²) >= 11 is 0. The number of benzene rings is 5. The van der Waals surface area contributed by atoms with Crippen molar-refractivity contribution in [3.8, 4) is 22.3 Å². The lowest BCUT2D eigenvalue weighted by molar-refractivity contribution is -0.135. The molecular weight excluding hydrogens is 515 g/mol. The summed E-state index contributed by atoms with van der Waals surface area (Å²) in [6.07, 6.45) is 0. The third-order valence-electron chi connectivity index (χ3n) is 9.86. The van der Waals surface area contributed by atoms with Gasteiger partial charge in [-0.2, -0.15) is 0 Å². The second kappa shape index (κ2) is 8.70. The van der Waals surface area contributed by atoms with Crippen molar-refractivity contribution in [1.82, 2.24) is 0 Å². The number of fused-ring (bicyclic) bond motifs is 14. The largest absolute Gasteiger partial charge is 0.456 e. The molecule has 0 saturated carbocycles. The van der Waals surface area contributed by atoms with Crippen molar-refractivity contribution < 1.29 is 14.3 Å². The second-order valence-electron chi connectivity index (χ2n) is 12.7. The Hall–Kier alpha value is -4.12. The van der Waals surface area contributed by atoms with Crippen molar-refractivity contribution >= 4 is 34.7 Å². The molecule has 4 heteroatoms. The lowest BCUT2D eigenvalue weighted by Crippen LogP contribution is -2.48. The summed E-state index contributed by atoms with van der Waals surface area (Å²) in [5.41, 5.74) is 11.0. The normalized spacial score (nSPS) is 17.0. The molecule has 1 unspecified atom stereocenters. The van der Waals surface area contributed by atoms with E-state index in [0.717, 1.165) is 22.0 Å². The first kappa shape index (κ1) is 25.6. The molecule has 0 amide bonds. The molecule has 0 aliphatic heterocycles. The van der Waals surface area contributed by atoms with Crippen LogP contribution >= 0.6 is 0 Å². The van der Waals surface area contributed by atoms with Crippen molar-refractivity contribution in [3.63, 3.8) is 0 Å². The summed E-state index contributed by atoms with van der Waals surface area (Å²) in [5.74, 6) is 0. The first-order valence-electron chi connectivity index (χ1n) is 14.7. The van der Waals surface area contributed by atoms with Crippen LogP contribution in [0.25, 0.3) is 44.2 Å². The van der Waals surface area contributed by atoms with Gasteiger partial charge in [0.2, 0.25) is 0 Å². The van der Waals surface area contributed by atoms with E-state index in [9.17, 15) is 5.11 Å². The molecular formula is C38H32BO3. The highest BCUT2D eigenvalue weighted by Crippen LogP contribution is 2.63. The van der Waals surface area contributed by atoms with Crippen LogP contribution in [0.3, 0.4) is 0 Å². The average Bonchev–Trinajstić information content (AvgIpc) is 3.60. The lowest BCUT2D eigenvalue weighted by atomic mass is 9.61. The molecule has 1 heterocycles. The Labute approximate surface area is 247 Å². The van der Waals surface area contributed by atoms with Gasteiger partial charge in [0.05, 0.1) is 16.6 Å². The summed E-state index contributed by atoms with van der Waals surface area (Å²) < 4.78 is 12.7. The maximum Gasteiger partial charge on any atom is 0.186 e. The van der Waals surface area contributed by atoms with Crippen molar-refractivity contribution in [3.05, 3.63) is 125 Å². The summed E-state index contributed by atoms with van der Waals surface area (Å²) in [6.45, 7) is 7.87. The number of para-hydroxylation sites is 1. The van der Waals surface area contributed by atoms with Gasteiger partial charge in [0.1, 0.15) is 11.2 Å². The minimum Gasteiger partial charge on any atom is -0.456 e. The highest BCUT2D eigenvalue weighted by Gasteiger charge is 2.53. The van der Waals surface area contributed by atoms with Crippen LogP contribution in [0.1, 0.15) is 49.9 Å². The van der Waals surface area contributed by atoms with Crippen molar-refractivity contribution in [1.29, 1.82) is 0 Å². The Kier molecular flexibility index (Phi) is 5.30. The number of ether oxygens (including phenoxy) is 1. The predicted molar refractivity (Wildman–Crippen MR) is 172 cm³/mol. The Morgan fingerprint density at radius 3 is 2.14 bits per heavy atom. The van der Waals surface area contributed by atoms with E-state index < -0.39 is 16.6 Å². The molecule has 0 fully saturated rings. The molecule has 1 spiro atoms. The zero-order valence-electron chi connectivity index (χ0n) is 24.4. The van der Waals surface area contributed by atoms with Crippen molar-refractivity contribution in [2.75, 3.05) is 6.51 Å². The fraction of sp³-hybridized carbons (Fsp3) is 0.211. The highest BCUT2D eigenvalue weighted by atomic mass is 16.5. The van der Waals surface area contributed by atoms with Crippen LogP contribution in [0.2, 0.25) is 0 Å². The Morgan fingerprint density at radius 1 is 0.690 bits per heavy atom. The van der Waals surface area contributed by atoms with Crippen LogP contribution < -0.4 is 5.46 Å². The Balaban J connectivity index is 1.42. The molecule has 42 heavy (non-hydrogen) atoms. The van der Waals surface area contributed by atoms with Crippen molar-refractivity contribution in [2.24, 2.45) is 0 Å². The first-order valence-corrected chi connectivity index (χ1v) is 14.7. The van der Waals surface area contributed by atoms with Gasteiger partial charge in [-0.15, -0.1) is 0 Å². The number of furan rings is 1. The number of rotatable bonds is 5. The van der Waals surface area contributed by atoms with Gasteiger partial charge in [0.25, 0.3) is 0 Å². The van der Waals surface area contributed by atoms with Gasteiger partial charge >= 0.3 is 0 Å². The SMILES string of the molecule is CC(C)(O)C(C)(C)OC[B]c1cccc2c1C1(c3ccccc3-2)c2ccccc2-c2c1ccc1oc3ccccc3c21. The number of hydrogen-bond donors (Lipinski definition) is 1. The number of aliphatic hydroxyl groups is 1. The van der Waals surface area contributed by atoms with Crippen LogP contribution in [-0.2, 0) is 10.2 Å². The summed E-state index contributed by atoms with van der Waals surface area (Å²) in [5, 5.41) is 13.0. The predicted octanol–water partition coefficient (Wildman–Crippen LogP) is 7.78. The molecule has 8 rings (SSSR count). The monoisotopic (exact) mass is 547 g/mol. The van der Waals surface area contributed by atoms with E-state index in [1.807, 2.05) is 19.9 Å². The van der Waals surface area contributed by atoms with Crippen LogP contribution in [0.5, 0.6) is 0 Å². The van der Waals surface area contributed by atoms with Gasteiger partial charge < -0.3 is 14.3 Å². The van der Waals surface area contributed by atoms with Gasteiger partial charge in [-0.05, 0) is 84.3 Å². The van der Waals surface area contributed by atoms with Gasteiger partial charge in [-0.25, -0.2) is 0 Å². The molecule has 1 radical (unpaired) electrons. The maximum absolute atomic E-state index is 10.7. The van der Waals surface area contributed by atoms with E-state index in [1.165, 1.54) is 49.9 Å². The molecule has 2 aliphatic carbocycles. The average molecular weight is 547 g/mol. The van der Waals surface area contributed by atoms with E-state index in [0.29, 0.717) is 6.51 Å². The topological polar surface area (TPSA) is 42.6 Å². The zero-order valence-corrected chi connectivity index (χ0v) is 24.4. The van der Waals surface area contributed by atoms with Crippen LogP contribution in [0.15, 0.2) is 108 Å². The smallest absolute Gasteiger partial charge is 0.186 e. The van der Waals surface area contributed by atoms with Crippen LogP contribution in [0, 0.1) is 0 Å². The maximum atomic E-state index is 10.7. The molecule has 2 aliphatic rings. The van der Waals surface area contributed by atoms with Gasteiger partial charge in [0, 0.05) is 17.3 Å². The lowest BCUT2D eigenvalue weighted by Gasteiger charge is -2.37. The van der Waals surface area contributed by atoms with Crippen LogP contribution in [-0.4, -0.2) is 30.1 Å². The molecule has 1 aromatic heterocycles. The fourth-order valence-electron chi connectivity index (χ4n) is 7.22. The molecule has 1 atom stereocenters. The molecule has 1 N–H and O–H groups in total. The standard InChI is InChI=1S/C38H32BO3/c1-36(2,40)37(3,4)41-22-39-30-18-11-15-24-23-12-5-8-16-27(23)38(35(24)30)28-17-9-6-13-25(28)33-29(38)20-21-32-34(33)26-14-7-10-19-31(26)42-32/h5-21,40H,22H2,1-4H3. The van der Waals surface area contributed by atoms with Crippen molar-refractivity contribution in [2.45, 2.75) is 44.3 Å². The third kappa shape index (κ3) is 3.25. The minimum atomic E-state index is -0.973. The minimum absolute atomic E-state index is 0.389. The summed E-state index contributed by atoms with van der Waals surface area (Å²) in [4.78, 5) is 0. The van der Waals surface area contributed by atoms with E-state index in [4.69, 9.17) is 9.15 Å². The number of hydrogen-bond acceptors (Lipinski definition) is 3. The van der Waals surface area contributed by atoms with Gasteiger partial charge in [-0.1, -0.05) is 96.5 Å². The molecule has 0 saturated heterocycles. The van der Waals surface area contributed by atoms with E-state index >= 15 is 0 Å². The van der Waals surface area contributed by atoms with Gasteiger partial charge in [-0.3, -0.25) is 0 Å². The van der Waals surface area contributed by atoms with Crippen LogP contribution in [0.4, 0.5) is 0 Å². The summed E-state index contributed by atoms with van der Waals surface area (Å²) in [6, 6.07) is 37.2. The second-order valence-corrected chi connectivity index (χ2v) is 12.7. The third-order valence-corrected chi connectivity index (χ3v) is 9.86. The van der Waals surface area contributed by atoms with E-state index in [2.05, 4.69) is 104 Å². The molecule has 0 bridgehead atoms. The quantitative estimate of drug-likeness (QED) is 0.224. The molecule has 6 aromatic rings. The zero-order chi connectivity index (χ0) is 28.9. The molecule has 5 aromatic carbocycles. The summed E-state index contributed by atoms with van der Waals surface area (Å²) in [7, 11) is 2.19. The fourth-order valence-corrected chi connectivity index (χ4v) is 7.22. The van der Waals surface area contributed by atoms with E-state index in [1.54, 1.807) is 13.8 Å². The Morgan fingerprint density at radius 2 is 1.36 bits per heavy atom. The van der Waals surface area contributed by atoms with Gasteiger partial charge in [0.15, 0.2) is 7.28 Å². The molecule has 205 valence electrons. The Bertz CT molecular complexity index is 2040. The van der Waals surface area contributed by atoms with E-state index in [-0.39, 0.29) is 0 Å². The first-order chi connectivity index (χ1) is 20.2. The highest BCUT2D eigenvalue weighted by molar-refractivity contribution is 6.54.